The fourth-order valence-corrected chi connectivity index (χ4v) is 5.29. The van der Waals surface area contributed by atoms with Gasteiger partial charge in [0, 0.05) is 48.2 Å². The number of ether oxygens (including phenoxy) is 1. The van der Waals surface area contributed by atoms with Gasteiger partial charge >= 0.3 is 0 Å². The van der Waals surface area contributed by atoms with Gasteiger partial charge in [-0.05, 0) is 35.9 Å². The van der Waals surface area contributed by atoms with Crippen molar-refractivity contribution >= 4 is 40.7 Å². The normalized spacial score (nSPS) is 17.5. The largest absolute Gasteiger partial charge is 0.379 e. The highest BCUT2D eigenvalue weighted by atomic mass is 35.5. The summed E-state index contributed by atoms with van der Waals surface area (Å²) in [5, 5.41) is 7.23. The van der Waals surface area contributed by atoms with E-state index in [1.807, 2.05) is 30.3 Å². The van der Waals surface area contributed by atoms with E-state index < -0.39 is 17.8 Å². The van der Waals surface area contributed by atoms with Crippen LogP contribution in [-0.2, 0) is 9.53 Å². The third kappa shape index (κ3) is 6.53. The highest BCUT2D eigenvalue weighted by Gasteiger charge is 2.35. The molecular formula is C30H29Cl2FN4O3. The Morgan fingerprint density at radius 2 is 1.68 bits per heavy atom. The van der Waals surface area contributed by atoms with Crippen LogP contribution in [0.4, 0.5) is 4.39 Å². The van der Waals surface area contributed by atoms with Crippen LogP contribution in [0.25, 0.3) is 0 Å². The van der Waals surface area contributed by atoms with Gasteiger partial charge in [0.25, 0.3) is 11.8 Å². The molecule has 2 amide bonds. The van der Waals surface area contributed by atoms with Crippen molar-refractivity contribution in [3.63, 3.8) is 0 Å². The van der Waals surface area contributed by atoms with Crippen molar-refractivity contribution in [2.75, 3.05) is 45.9 Å². The topological polar surface area (TPSA) is 65.5 Å². The summed E-state index contributed by atoms with van der Waals surface area (Å²) in [7, 11) is 0. The molecule has 0 saturated carbocycles. The van der Waals surface area contributed by atoms with Crippen LogP contribution in [0.5, 0.6) is 0 Å². The van der Waals surface area contributed by atoms with Gasteiger partial charge in [0.2, 0.25) is 0 Å². The summed E-state index contributed by atoms with van der Waals surface area (Å²) in [5.74, 6) is -1.55. The van der Waals surface area contributed by atoms with Gasteiger partial charge in [-0.3, -0.25) is 14.5 Å². The smallest absolute Gasteiger partial charge is 0.262 e. The van der Waals surface area contributed by atoms with Crippen LogP contribution < -0.4 is 0 Å². The zero-order valence-corrected chi connectivity index (χ0v) is 23.3. The van der Waals surface area contributed by atoms with Crippen LogP contribution in [-0.4, -0.2) is 78.3 Å². The monoisotopic (exact) mass is 582 g/mol. The maximum Gasteiger partial charge on any atom is 0.262 e. The summed E-state index contributed by atoms with van der Waals surface area (Å²) in [5.41, 5.74) is 2.18. The third-order valence-electron chi connectivity index (χ3n) is 7.11. The number of amides is 2. The molecule has 0 N–H and O–H groups in total. The van der Waals surface area contributed by atoms with Crippen molar-refractivity contribution < 1.29 is 18.7 Å². The number of hydrazone groups is 1. The molecule has 1 atom stereocenters. The summed E-state index contributed by atoms with van der Waals surface area (Å²) in [6.07, 6.45) is 0.437. The first kappa shape index (κ1) is 28.2. The molecule has 208 valence electrons. The number of carbonyl (C=O) groups excluding carboxylic acids is 2. The first-order valence-corrected chi connectivity index (χ1v) is 13.9. The molecule has 40 heavy (non-hydrogen) atoms. The van der Waals surface area contributed by atoms with E-state index in [4.69, 9.17) is 33.0 Å². The van der Waals surface area contributed by atoms with E-state index >= 15 is 0 Å². The molecule has 0 bridgehead atoms. The van der Waals surface area contributed by atoms with Gasteiger partial charge < -0.3 is 9.64 Å². The molecular weight excluding hydrogens is 554 g/mol. The molecule has 3 aromatic rings. The molecule has 0 spiro atoms. The number of carbonyl (C=O) groups is 2. The minimum atomic E-state index is -0.629. The maximum atomic E-state index is 14.6. The number of benzene rings is 3. The molecule has 3 aromatic carbocycles. The third-order valence-corrected chi connectivity index (χ3v) is 7.69. The minimum absolute atomic E-state index is 0.0757. The number of hydrogen-bond donors (Lipinski definition) is 0. The van der Waals surface area contributed by atoms with Gasteiger partial charge in [0.15, 0.2) is 0 Å². The van der Waals surface area contributed by atoms with E-state index in [9.17, 15) is 14.0 Å². The summed E-state index contributed by atoms with van der Waals surface area (Å²) in [4.78, 5) is 31.0. The molecule has 1 fully saturated rings. The second kappa shape index (κ2) is 12.9. The van der Waals surface area contributed by atoms with E-state index in [1.54, 1.807) is 24.3 Å². The Kier molecular flexibility index (Phi) is 9.11. The molecule has 0 aromatic heterocycles. The van der Waals surface area contributed by atoms with Gasteiger partial charge in [0.05, 0.1) is 30.5 Å². The average molecular weight is 583 g/mol. The Labute approximate surface area is 242 Å². The van der Waals surface area contributed by atoms with Gasteiger partial charge in [-0.15, -0.1) is 0 Å². The van der Waals surface area contributed by atoms with Crippen LogP contribution >= 0.6 is 23.2 Å². The summed E-state index contributed by atoms with van der Waals surface area (Å²) in [6.45, 7) is 3.19. The molecule has 10 heteroatoms. The SMILES string of the molecule is O=C(c1ccccc1F)N(CCN1CCOCC1)CC(=O)N1N=C(c2ccccc2Cl)C[C@H]1c1ccc(Cl)cc1. The van der Waals surface area contributed by atoms with Crippen LogP contribution in [0, 0.1) is 5.82 Å². The minimum Gasteiger partial charge on any atom is -0.379 e. The van der Waals surface area contributed by atoms with E-state index in [0.29, 0.717) is 41.9 Å². The zero-order valence-electron chi connectivity index (χ0n) is 21.8. The Hall–Kier alpha value is -3.30. The van der Waals surface area contributed by atoms with Crippen LogP contribution in [0.2, 0.25) is 10.0 Å². The fraction of sp³-hybridized carbons (Fsp3) is 0.300. The number of nitrogens with zero attached hydrogens (tertiary/aromatic N) is 4. The second-order valence-corrected chi connectivity index (χ2v) is 10.5. The standard InChI is InChI=1S/C30H29Cl2FN4O3/c31-22-11-9-21(10-12-22)28-19-27(23-5-1-3-7-25(23)32)34-37(28)29(38)20-36(14-13-35-15-17-40-18-16-35)30(39)24-6-2-4-8-26(24)33/h1-12,28H,13-20H2/t28-/m0/s1. The summed E-state index contributed by atoms with van der Waals surface area (Å²) >= 11 is 12.6. The molecule has 0 aliphatic carbocycles. The lowest BCUT2D eigenvalue weighted by Crippen LogP contribution is -2.46. The van der Waals surface area contributed by atoms with Crippen molar-refractivity contribution in [2.24, 2.45) is 5.10 Å². The molecule has 0 radical (unpaired) electrons. The lowest BCUT2D eigenvalue weighted by molar-refractivity contribution is -0.133. The molecule has 5 rings (SSSR count). The molecule has 1 saturated heterocycles. The second-order valence-electron chi connectivity index (χ2n) is 9.70. The zero-order chi connectivity index (χ0) is 28.1. The van der Waals surface area contributed by atoms with Crippen molar-refractivity contribution in [1.29, 1.82) is 0 Å². The van der Waals surface area contributed by atoms with E-state index in [2.05, 4.69) is 4.90 Å². The Morgan fingerprint density at radius 3 is 2.40 bits per heavy atom. The van der Waals surface area contributed by atoms with E-state index in [-0.39, 0.29) is 24.6 Å². The Balaban J connectivity index is 1.43. The molecule has 0 unspecified atom stereocenters. The van der Waals surface area contributed by atoms with Crippen molar-refractivity contribution in [1.82, 2.24) is 14.8 Å². The molecule has 2 aliphatic rings. The number of rotatable bonds is 8. The highest BCUT2D eigenvalue weighted by Crippen LogP contribution is 2.35. The Morgan fingerprint density at radius 1 is 0.975 bits per heavy atom. The fourth-order valence-electron chi connectivity index (χ4n) is 4.92. The number of hydrogen-bond acceptors (Lipinski definition) is 5. The van der Waals surface area contributed by atoms with Crippen LogP contribution in [0.1, 0.15) is 33.9 Å². The Bertz CT molecular complexity index is 1400. The number of morpholine rings is 1. The summed E-state index contributed by atoms with van der Waals surface area (Å²) in [6, 6.07) is 20.0. The first-order chi connectivity index (χ1) is 19.4. The number of halogens is 3. The first-order valence-electron chi connectivity index (χ1n) is 13.1. The predicted octanol–water partition coefficient (Wildman–Crippen LogP) is 5.28. The van der Waals surface area contributed by atoms with Gasteiger partial charge in [-0.2, -0.15) is 5.10 Å². The quantitative estimate of drug-likeness (QED) is 0.362. The molecule has 2 aliphatic heterocycles. The maximum absolute atomic E-state index is 14.6. The van der Waals surface area contributed by atoms with E-state index in [1.165, 1.54) is 28.1 Å². The molecule has 2 heterocycles. The summed E-state index contributed by atoms with van der Waals surface area (Å²) < 4.78 is 20.0. The van der Waals surface area contributed by atoms with Gasteiger partial charge in [-0.1, -0.05) is 65.7 Å². The molecule has 7 nitrogen and oxygen atoms in total. The predicted molar refractivity (Wildman–Crippen MR) is 153 cm³/mol. The lowest BCUT2D eigenvalue weighted by atomic mass is 9.98. The van der Waals surface area contributed by atoms with Gasteiger partial charge in [-0.25, -0.2) is 9.40 Å². The average Bonchev–Trinajstić information content (AvgIpc) is 3.42. The van der Waals surface area contributed by atoms with Crippen LogP contribution in [0.15, 0.2) is 77.9 Å². The highest BCUT2D eigenvalue weighted by molar-refractivity contribution is 6.34. The van der Waals surface area contributed by atoms with Crippen molar-refractivity contribution in [2.45, 2.75) is 12.5 Å². The van der Waals surface area contributed by atoms with Crippen molar-refractivity contribution in [3.8, 4) is 0 Å². The van der Waals surface area contributed by atoms with E-state index in [0.717, 1.165) is 24.2 Å². The van der Waals surface area contributed by atoms with Crippen molar-refractivity contribution in [3.05, 3.63) is 105 Å². The lowest BCUT2D eigenvalue weighted by Gasteiger charge is -2.31. The van der Waals surface area contributed by atoms with Gasteiger partial charge in [0.1, 0.15) is 12.4 Å². The van der Waals surface area contributed by atoms with Crippen LogP contribution in [0.3, 0.4) is 0 Å².